The van der Waals surface area contributed by atoms with Crippen LogP contribution in [0.4, 0.5) is 9.59 Å². The van der Waals surface area contributed by atoms with Gasteiger partial charge in [0, 0.05) is 19.5 Å². The van der Waals surface area contributed by atoms with E-state index in [-0.39, 0.29) is 30.3 Å². The summed E-state index contributed by atoms with van der Waals surface area (Å²) in [5, 5.41) is 7.86. The number of likely N-dealkylation sites (tertiary alicyclic amines) is 1. The summed E-state index contributed by atoms with van der Waals surface area (Å²) in [5.41, 5.74) is 5.81. The lowest BCUT2D eigenvalue weighted by Gasteiger charge is -2.30. The Bertz CT molecular complexity index is 1780. The first-order valence-corrected chi connectivity index (χ1v) is 17.1. The molecule has 4 amide bonds. The fourth-order valence-electron chi connectivity index (χ4n) is 6.15. The van der Waals surface area contributed by atoms with Crippen LogP contribution in [-0.4, -0.2) is 88.7 Å². The van der Waals surface area contributed by atoms with E-state index < -0.39 is 18.2 Å². The van der Waals surface area contributed by atoms with Crippen LogP contribution < -0.4 is 16.0 Å². The van der Waals surface area contributed by atoms with Crippen molar-refractivity contribution in [2.75, 3.05) is 33.9 Å². The molecule has 3 unspecified atom stereocenters. The summed E-state index contributed by atoms with van der Waals surface area (Å²) in [6.45, 7) is 4.94. The predicted octanol–water partition coefficient (Wildman–Crippen LogP) is 4.85. The average Bonchev–Trinajstić information content (AvgIpc) is 3.91. The van der Waals surface area contributed by atoms with Gasteiger partial charge < -0.3 is 40.3 Å². The van der Waals surface area contributed by atoms with E-state index in [0.29, 0.717) is 13.1 Å². The zero-order valence-electron chi connectivity index (χ0n) is 29.0. The van der Waals surface area contributed by atoms with Crippen molar-refractivity contribution >= 4 is 35.0 Å². The Balaban J connectivity index is 1.18. The second-order valence-electron chi connectivity index (χ2n) is 12.5. The van der Waals surface area contributed by atoms with Gasteiger partial charge in [-0.25, -0.2) is 19.6 Å². The van der Waals surface area contributed by atoms with Gasteiger partial charge in [-0.15, -0.1) is 0 Å². The number of hydrogen-bond acceptors (Lipinski definition) is 8. The van der Waals surface area contributed by atoms with Crippen molar-refractivity contribution in [3.05, 3.63) is 60.3 Å². The highest BCUT2D eigenvalue weighted by Gasteiger charge is 2.38. The number of hydrogen-bond donors (Lipinski definition) is 5. The Morgan fingerprint density at radius 3 is 2.44 bits per heavy atom. The van der Waals surface area contributed by atoms with Gasteiger partial charge in [0.05, 0.1) is 49.7 Å². The quantitative estimate of drug-likeness (QED) is 0.117. The van der Waals surface area contributed by atoms with Crippen LogP contribution in [0.1, 0.15) is 63.6 Å². The van der Waals surface area contributed by atoms with Crippen molar-refractivity contribution in [3.63, 3.8) is 0 Å². The number of aromatic nitrogens is 4. The normalized spacial score (nSPS) is 15.4. The summed E-state index contributed by atoms with van der Waals surface area (Å²) < 4.78 is 9.24. The minimum Gasteiger partial charge on any atom is -0.453 e. The highest BCUT2D eigenvalue weighted by molar-refractivity contribution is 5.87. The fourth-order valence-corrected chi connectivity index (χ4v) is 6.15. The largest absolute Gasteiger partial charge is 0.453 e. The zero-order chi connectivity index (χ0) is 35.6. The monoisotopic (exact) mass is 686 g/mol. The number of rotatable bonds is 14. The Hall–Kier alpha value is -5.40. The number of fused-ring (bicyclic) bond motifs is 1. The highest BCUT2D eigenvalue weighted by atomic mass is 16.5. The number of carbonyl (C=O) groups excluding carboxylic acids is 4. The van der Waals surface area contributed by atoms with Crippen LogP contribution in [0, 0.1) is 5.92 Å². The lowest BCUT2D eigenvalue weighted by Crippen LogP contribution is -2.51. The van der Waals surface area contributed by atoms with Crippen molar-refractivity contribution in [2.24, 2.45) is 5.92 Å². The Labute approximate surface area is 291 Å². The maximum Gasteiger partial charge on any atom is 0.407 e. The lowest BCUT2D eigenvalue weighted by atomic mass is 9.97. The third-order valence-corrected chi connectivity index (χ3v) is 9.19. The number of aromatic amines is 2. The molecule has 14 heteroatoms. The number of carbonyl (C=O) groups is 4. The number of imidazole rings is 2. The van der Waals surface area contributed by atoms with E-state index in [4.69, 9.17) is 9.72 Å². The maximum atomic E-state index is 13.6. The van der Waals surface area contributed by atoms with Gasteiger partial charge in [-0.3, -0.25) is 9.59 Å². The SMILES string of the molecule is CCC(C)C(NC(=O)OC)C(=O)N1CCCC1c1ncc(-c2ccc(-c3ccc4nc(CCCCNC(=O)CNC(=O)OC)[nH]c4c3)cc2)[nH]1. The van der Waals surface area contributed by atoms with Gasteiger partial charge in [0.2, 0.25) is 11.8 Å². The van der Waals surface area contributed by atoms with Crippen molar-refractivity contribution in [3.8, 4) is 22.4 Å². The number of amides is 4. The molecule has 50 heavy (non-hydrogen) atoms. The number of unbranched alkanes of at least 4 members (excludes halogenated alkanes) is 1. The highest BCUT2D eigenvalue weighted by Crippen LogP contribution is 2.33. The van der Waals surface area contributed by atoms with Crippen molar-refractivity contribution in [1.29, 1.82) is 0 Å². The third kappa shape index (κ3) is 8.79. The van der Waals surface area contributed by atoms with Crippen LogP contribution in [0.2, 0.25) is 0 Å². The van der Waals surface area contributed by atoms with E-state index in [0.717, 1.165) is 83.6 Å². The van der Waals surface area contributed by atoms with Crippen LogP contribution in [-0.2, 0) is 25.5 Å². The summed E-state index contributed by atoms with van der Waals surface area (Å²) in [4.78, 5) is 66.6. The van der Waals surface area contributed by atoms with Crippen LogP contribution in [0.5, 0.6) is 0 Å². The van der Waals surface area contributed by atoms with E-state index in [1.807, 2.05) is 24.8 Å². The number of nitrogens with one attached hydrogen (secondary N) is 5. The van der Waals surface area contributed by atoms with Gasteiger partial charge >= 0.3 is 12.2 Å². The number of methoxy groups -OCH3 is 2. The van der Waals surface area contributed by atoms with Crippen molar-refractivity contribution in [2.45, 2.75) is 64.5 Å². The smallest absolute Gasteiger partial charge is 0.407 e. The molecule has 1 aliphatic heterocycles. The number of benzene rings is 2. The molecular weight excluding hydrogens is 640 g/mol. The van der Waals surface area contributed by atoms with Crippen molar-refractivity contribution in [1.82, 2.24) is 40.8 Å². The minimum absolute atomic E-state index is 0.0486. The molecule has 5 N–H and O–H groups in total. The minimum atomic E-state index is -0.668. The van der Waals surface area contributed by atoms with E-state index in [1.165, 1.54) is 14.2 Å². The Morgan fingerprint density at radius 1 is 0.960 bits per heavy atom. The molecule has 0 radical (unpaired) electrons. The topological polar surface area (TPSA) is 183 Å². The number of aryl methyl sites for hydroxylation is 1. The summed E-state index contributed by atoms with van der Waals surface area (Å²) >= 11 is 0. The molecule has 5 rings (SSSR count). The second-order valence-corrected chi connectivity index (χ2v) is 12.5. The van der Waals surface area contributed by atoms with Crippen LogP contribution >= 0.6 is 0 Å². The third-order valence-electron chi connectivity index (χ3n) is 9.19. The Kier molecular flexibility index (Phi) is 12.1. The number of nitrogens with zero attached hydrogens (tertiary/aromatic N) is 3. The van der Waals surface area contributed by atoms with Gasteiger partial charge in [0.15, 0.2) is 0 Å². The van der Waals surface area contributed by atoms with Crippen LogP contribution in [0.15, 0.2) is 48.7 Å². The first-order valence-electron chi connectivity index (χ1n) is 17.1. The first kappa shape index (κ1) is 35.9. The van der Waals surface area contributed by atoms with Gasteiger partial charge in [-0.05, 0) is 60.4 Å². The van der Waals surface area contributed by atoms with Crippen LogP contribution in [0.25, 0.3) is 33.4 Å². The number of alkyl carbamates (subject to hydrolysis) is 2. The van der Waals surface area contributed by atoms with E-state index in [2.05, 4.69) is 72.0 Å². The lowest BCUT2D eigenvalue weighted by molar-refractivity contribution is -0.135. The first-order chi connectivity index (χ1) is 24.2. The molecule has 1 saturated heterocycles. The van der Waals surface area contributed by atoms with Gasteiger partial charge in [-0.2, -0.15) is 0 Å². The van der Waals surface area contributed by atoms with E-state index in [9.17, 15) is 19.2 Å². The molecule has 14 nitrogen and oxygen atoms in total. The summed E-state index contributed by atoms with van der Waals surface area (Å²) in [6.07, 6.45) is 5.30. The molecule has 3 heterocycles. The maximum absolute atomic E-state index is 13.6. The molecule has 1 aliphatic rings. The molecule has 4 aromatic rings. The molecule has 266 valence electrons. The number of ether oxygens (including phenoxy) is 2. The fraction of sp³-hybridized carbons (Fsp3) is 0.444. The molecule has 0 aliphatic carbocycles. The summed E-state index contributed by atoms with van der Waals surface area (Å²) in [7, 11) is 2.55. The van der Waals surface area contributed by atoms with Gasteiger partial charge in [-0.1, -0.05) is 50.6 Å². The van der Waals surface area contributed by atoms with E-state index in [1.54, 1.807) is 6.20 Å². The van der Waals surface area contributed by atoms with E-state index >= 15 is 0 Å². The molecule has 0 bridgehead atoms. The molecule has 1 fully saturated rings. The molecule has 0 saturated carbocycles. The molecule has 0 spiro atoms. The number of H-pyrrole nitrogens is 2. The molecular formula is C36H46N8O6. The van der Waals surface area contributed by atoms with Gasteiger partial charge in [0.25, 0.3) is 0 Å². The zero-order valence-corrected chi connectivity index (χ0v) is 29.0. The van der Waals surface area contributed by atoms with Crippen molar-refractivity contribution < 1.29 is 28.7 Å². The standard InChI is InChI=1S/C36H46N8O6/c1-5-22(2)32(43-36(48)50-4)34(46)44-18-8-9-29(44)33-38-20-28(42-33)24-13-11-23(12-14-24)25-15-16-26-27(19-25)41-30(40-26)10-6-7-17-37-31(45)21-39-35(47)49-3/h11-16,19-20,22,29,32H,5-10,17-18,21H2,1-4H3,(H,37,45)(H,38,42)(H,39,47)(H,40,41)(H,43,48). The predicted molar refractivity (Wildman–Crippen MR) is 188 cm³/mol. The summed E-state index contributed by atoms with van der Waals surface area (Å²) in [6, 6.07) is 13.5. The molecule has 3 atom stereocenters. The van der Waals surface area contributed by atoms with Crippen LogP contribution in [0.3, 0.4) is 0 Å². The van der Waals surface area contributed by atoms with Gasteiger partial charge in [0.1, 0.15) is 17.7 Å². The molecule has 2 aromatic heterocycles. The second kappa shape index (κ2) is 16.8. The summed E-state index contributed by atoms with van der Waals surface area (Å²) in [5.74, 6) is 1.19. The Morgan fingerprint density at radius 2 is 1.70 bits per heavy atom. The molecule has 2 aromatic carbocycles. The average molecular weight is 687 g/mol.